The quantitative estimate of drug-likeness (QED) is 0.881. The molecule has 0 radical (unpaired) electrons. The van der Waals surface area contributed by atoms with Gasteiger partial charge in [-0.3, -0.25) is 0 Å². The molecule has 0 atom stereocenters. The molecule has 0 saturated heterocycles. The maximum Gasteiger partial charge on any atom is 0.191 e. The summed E-state index contributed by atoms with van der Waals surface area (Å²) in [6.07, 6.45) is 2.13. The summed E-state index contributed by atoms with van der Waals surface area (Å²) < 4.78 is 34.9. The Balaban J connectivity index is 1.81. The normalized spacial score (nSPS) is 18.7. The molecule has 2 aliphatic rings. The van der Waals surface area contributed by atoms with Crippen molar-refractivity contribution in [2.24, 2.45) is 0 Å². The van der Waals surface area contributed by atoms with Crippen molar-refractivity contribution in [2.45, 2.75) is 23.8 Å². The van der Waals surface area contributed by atoms with E-state index in [4.69, 9.17) is 9.47 Å². The molecule has 1 saturated carbocycles. The van der Waals surface area contributed by atoms with Gasteiger partial charge >= 0.3 is 0 Å². The highest BCUT2D eigenvalue weighted by atomic mass is 32.2. The van der Waals surface area contributed by atoms with E-state index in [-0.39, 0.29) is 10.8 Å². The Morgan fingerprint density at radius 3 is 2.61 bits per heavy atom. The van der Waals surface area contributed by atoms with Crippen LogP contribution in [0.5, 0.6) is 11.5 Å². The first kappa shape index (κ1) is 11.8. The molecule has 1 N–H and O–H groups in total. The van der Waals surface area contributed by atoms with Crippen molar-refractivity contribution in [1.29, 1.82) is 0 Å². The van der Waals surface area contributed by atoms with Crippen molar-refractivity contribution in [1.82, 2.24) is 5.32 Å². The fourth-order valence-electron chi connectivity index (χ4n) is 1.82. The summed E-state index contributed by atoms with van der Waals surface area (Å²) in [5.41, 5.74) is 0. The molecular formula is C12H15NO4S. The Kier molecular flexibility index (Phi) is 2.91. The molecule has 5 nitrogen and oxygen atoms in total. The van der Waals surface area contributed by atoms with Gasteiger partial charge in [-0.1, -0.05) is 0 Å². The minimum absolute atomic E-state index is 0.0166. The summed E-state index contributed by atoms with van der Waals surface area (Å²) in [7, 11) is -3.30. The van der Waals surface area contributed by atoms with Gasteiger partial charge in [-0.05, 0) is 25.0 Å². The van der Waals surface area contributed by atoms with E-state index in [2.05, 4.69) is 5.32 Å². The Morgan fingerprint density at radius 1 is 1.17 bits per heavy atom. The minimum atomic E-state index is -3.30. The lowest BCUT2D eigenvalue weighted by Gasteiger charge is -2.18. The molecule has 1 fully saturated rings. The highest BCUT2D eigenvalue weighted by Gasteiger charge is 2.25. The van der Waals surface area contributed by atoms with E-state index in [1.54, 1.807) is 18.2 Å². The number of nitrogens with one attached hydrogen (secondary N) is 1. The van der Waals surface area contributed by atoms with Crippen molar-refractivity contribution in [3.63, 3.8) is 0 Å². The monoisotopic (exact) mass is 269 g/mol. The summed E-state index contributed by atoms with van der Waals surface area (Å²) in [4.78, 5) is 0.278. The van der Waals surface area contributed by atoms with E-state index in [0.717, 1.165) is 12.8 Å². The van der Waals surface area contributed by atoms with Gasteiger partial charge in [-0.15, -0.1) is 0 Å². The van der Waals surface area contributed by atoms with Crippen molar-refractivity contribution < 1.29 is 17.9 Å². The van der Waals surface area contributed by atoms with E-state index < -0.39 is 9.84 Å². The second kappa shape index (κ2) is 4.44. The van der Waals surface area contributed by atoms with Gasteiger partial charge in [0.1, 0.15) is 19.1 Å². The Labute approximate surface area is 106 Å². The van der Waals surface area contributed by atoms with Gasteiger partial charge < -0.3 is 14.8 Å². The number of hydrogen-bond acceptors (Lipinski definition) is 5. The van der Waals surface area contributed by atoms with Crippen molar-refractivity contribution in [3.8, 4) is 11.5 Å². The number of ether oxygens (including phenoxy) is 2. The molecule has 1 aromatic carbocycles. The molecule has 1 aliphatic heterocycles. The van der Waals surface area contributed by atoms with Crippen LogP contribution in [0.15, 0.2) is 23.1 Å². The van der Waals surface area contributed by atoms with Crippen LogP contribution in [0.2, 0.25) is 0 Å². The molecule has 1 aromatic rings. The van der Waals surface area contributed by atoms with Gasteiger partial charge in [0.2, 0.25) is 0 Å². The molecule has 0 amide bonds. The second-order valence-electron chi connectivity index (χ2n) is 4.54. The summed E-state index contributed by atoms with van der Waals surface area (Å²) >= 11 is 0. The molecule has 0 unspecified atom stereocenters. The van der Waals surface area contributed by atoms with Crippen LogP contribution in [0.25, 0.3) is 0 Å². The number of benzene rings is 1. The Hall–Kier alpha value is -1.27. The van der Waals surface area contributed by atoms with Gasteiger partial charge in [-0.2, -0.15) is 0 Å². The molecule has 0 spiro atoms. The van der Waals surface area contributed by atoms with E-state index >= 15 is 0 Å². The highest BCUT2D eigenvalue weighted by Crippen LogP contribution is 2.32. The first-order valence-corrected chi connectivity index (χ1v) is 7.66. The lowest BCUT2D eigenvalue weighted by atomic mass is 10.3. The summed E-state index contributed by atoms with van der Waals surface area (Å²) in [5, 5.41) is 3.02. The molecule has 6 heteroatoms. The largest absolute Gasteiger partial charge is 0.486 e. The molecular weight excluding hydrogens is 254 g/mol. The second-order valence-corrected chi connectivity index (χ2v) is 6.53. The van der Waals surface area contributed by atoms with Gasteiger partial charge in [0.05, 0.1) is 4.90 Å². The highest BCUT2D eigenvalue weighted by molar-refractivity contribution is 7.91. The molecule has 18 heavy (non-hydrogen) atoms. The third-order valence-electron chi connectivity index (χ3n) is 3.01. The van der Waals surface area contributed by atoms with Crippen molar-refractivity contribution >= 4 is 9.84 Å². The summed E-state index contributed by atoms with van der Waals surface area (Å²) in [5.74, 6) is 1.10. The number of rotatable bonds is 4. The Morgan fingerprint density at radius 2 is 1.89 bits per heavy atom. The van der Waals surface area contributed by atoms with Gasteiger partial charge in [0.25, 0.3) is 0 Å². The molecule has 3 rings (SSSR count). The zero-order chi connectivity index (χ0) is 12.6. The molecule has 1 aliphatic carbocycles. The number of sulfone groups is 1. The third kappa shape index (κ3) is 2.44. The first-order chi connectivity index (χ1) is 8.65. The fraction of sp³-hybridized carbons (Fsp3) is 0.500. The number of hydrogen-bond donors (Lipinski definition) is 1. The van der Waals surface area contributed by atoms with Crippen LogP contribution in [0.3, 0.4) is 0 Å². The van der Waals surface area contributed by atoms with Crippen LogP contribution < -0.4 is 14.8 Å². The predicted molar refractivity (Wildman–Crippen MR) is 65.6 cm³/mol. The van der Waals surface area contributed by atoms with Gasteiger partial charge in [0, 0.05) is 12.1 Å². The van der Waals surface area contributed by atoms with E-state index in [1.807, 2.05) is 0 Å². The van der Waals surface area contributed by atoms with Gasteiger partial charge in [0.15, 0.2) is 21.3 Å². The first-order valence-electron chi connectivity index (χ1n) is 6.01. The zero-order valence-corrected chi connectivity index (χ0v) is 10.7. The van der Waals surface area contributed by atoms with E-state index in [1.165, 1.54) is 0 Å². The smallest absolute Gasteiger partial charge is 0.191 e. The maximum atomic E-state index is 12.1. The SMILES string of the molecule is O=S(=O)(CNC1CC1)c1ccc2c(c1)OCCO2. The van der Waals surface area contributed by atoms with Crippen LogP contribution in [0.1, 0.15) is 12.8 Å². The average molecular weight is 269 g/mol. The maximum absolute atomic E-state index is 12.1. The zero-order valence-electron chi connectivity index (χ0n) is 9.89. The van der Waals surface area contributed by atoms with Crippen LogP contribution >= 0.6 is 0 Å². The van der Waals surface area contributed by atoms with Crippen LogP contribution in [0.4, 0.5) is 0 Å². The van der Waals surface area contributed by atoms with Crippen molar-refractivity contribution in [2.75, 3.05) is 19.1 Å². The number of fused-ring (bicyclic) bond motifs is 1. The molecule has 1 heterocycles. The van der Waals surface area contributed by atoms with E-state index in [9.17, 15) is 8.42 Å². The summed E-state index contributed by atoms with van der Waals surface area (Å²) in [6, 6.07) is 5.13. The van der Waals surface area contributed by atoms with E-state index in [0.29, 0.717) is 30.8 Å². The third-order valence-corrected chi connectivity index (χ3v) is 4.53. The van der Waals surface area contributed by atoms with Crippen molar-refractivity contribution in [3.05, 3.63) is 18.2 Å². The predicted octanol–water partition coefficient (Wildman–Crippen LogP) is 0.941. The van der Waals surface area contributed by atoms with Crippen LogP contribution in [-0.2, 0) is 9.84 Å². The standard InChI is InChI=1S/C12H15NO4S/c14-18(15,8-13-9-1-2-9)10-3-4-11-12(7-10)17-6-5-16-11/h3-4,7,9,13H,1-2,5-6,8H2. The Bertz CT molecular complexity index is 551. The molecule has 98 valence electrons. The lowest BCUT2D eigenvalue weighted by Crippen LogP contribution is -2.25. The van der Waals surface area contributed by atoms with Crippen LogP contribution in [-0.4, -0.2) is 33.6 Å². The fourth-order valence-corrected chi connectivity index (χ4v) is 3.00. The lowest BCUT2D eigenvalue weighted by molar-refractivity contribution is 0.171. The average Bonchev–Trinajstić information content (AvgIpc) is 3.20. The molecule has 0 bridgehead atoms. The minimum Gasteiger partial charge on any atom is -0.486 e. The van der Waals surface area contributed by atoms with Gasteiger partial charge in [-0.25, -0.2) is 8.42 Å². The van der Waals surface area contributed by atoms with Crippen LogP contribution in [0, 0.1) is 0 Å². The topological polar surface area (TPSA) is 64.6 Å². The molecule has 0 aromatic heterocycles. The summed E-state index contributed by atoms with van der Waals surface area (Å²) in [6.45, 7) is 0.957.